The monoisotopic (exact) mass is 182 g/mol. The van der Waals surface area contributed by atoms with Crippen LogP contribution in [0, 0.1) is 17.3 Å². The zero-order valence-corrected chi connectivity index (χ0v) is 8.16. The highest BCUT2D eigenvalue weighted by atomic mass is 16.8. The summed E-state index contributed by atoms with van der Waals surface area (Å²) in [5.41, 5.74) is 0.137. The first-order chi connectivity index (χ1) is 5.98. The molecule has 2 saturated carbocycles. The van der Waals surface area contributed by atoms with Gasteiger partial charge in [-0.2, -0.15) is 0 Å². The Kier molecular flexibility index (Phi) is 0.991. The van der Waals surface area contributed by atoms with Crippen LogP contribution < -0.4 is 0 Å². The molecule has 0 aromatic carbocycles. The third kappa shape index (κ3) is 0.592. The molecular weight excluding hydrogens is 168 g/mol. The van der Waals surface area contributed by atoms with Gasteiger partial charge in [-0.1, -0.05) is 13.8 Å². The first-order valence-corrected chi connectivity index (χ1v) is 4.79. The average molecular weight is 182 g/mol. The lowest BCUT2D eigenvalue weighted by molar-refractivity contribution is -0.146. The smallest absolute Gasteiger partial charge is 0.295 e. The maximum absolute atomic E-state index is 10.4. The van der Waals surface area contributed by atoms with Crippen LogP contribution in [0.1, 0.15) is 27.2 Å². The summed E-state index contributed by atoms with van der Waals surface area (Å²) < 4.78 is 10.8. The van der Waals surface area contributed by atoms with Gasteiger partial charge in [0.1, 0.15) is 5.60 Å². The molecule has 4 atom stereocenters. The fourth-order valence-corrected chi connectivity index (χ4v) is 3.48. The van der Waals surface area contributed by atoms with Crippen LogP contribution in [-0.4, -0.2) is 17.9 Å². The van der Waals surface area contributed by atoms with E-state index in [1.54, 1.807) is 0 Å². The lowest BCUT2D eigenvalue weighted by atomic mass is 9.92. The summed E-state index contributed by atoms with van der Waals surface area (Å²) >= 11 is 0. The van der Waals surface area contributed by atoms with Crippen molar-refractivity contribution < 1.29 is 14.3 Å². The van der Waals surface area contributed by atoms with Crippen molar-refractivity contribution in [2.24, 2.45) is 17.3 Å². The van der Waals surface area contributed by atoms with Crippen LogP contribution in [0.2, 0.25) is 0 Å². The molecule has 0 bridgehead atoms. The van der Waals surface area contributed by atoms with E-state index >= 15 is 0 Å². The number of carbonyl (C=O) groups excluding carboxylic acids is 1. The van der Waals surface area contributed by atoms with Crippen LogP contribution in [0.4, 0.5) is 0 Å². The highest BCUT2D eigenvalue weighted by molar-refractivity contribution is 5.43. The largest absolute Gasteiger partial charge is 0.432 e. The Morgan fingerprint density at radius 1 is 1.46 bits per heavy atom. The molecule has 0 amide bonds. The van der Waals surface area contributed by atoms with Crippen molar-refractivity contribution in [2.75, 3.05) is 0 Å². The second-order valence-electron chi connectivity index (χ2n) is 5.32. The Bertz CT molecular complexity index is 299. The molecule has 0 spiro atoms. The summed E-state index contributed by atoms with van der Waals surface area (Å²) in [5, 5.41) is 0. The van der Waals surface area contributed by atoms with E-state index in [4.69, 9.17) is 9.47 Å². The van der Waals surface area contributed by atoms with Crippen LogP contribution >= 0.6 is 0 Å². The lowest BCUT2D eigenvalue weighted by Gasteiger charge is -2.15. The molecule has 1 aliphatic heterocycles. The summed E-state index contributed by atoms with van der Waals surface area (Å²) in [7, 11) is 0. The molecular formula is C10H14O3. The first kappa shape index (κ1) is 7.80. The van der Waals surface area contributed by atoms with Gasteiger partial charge in [0, 0.05) is 5.92 Å². The van der Waals surface area contributed by atoms with Gasteiger partial charge in [-0.15, -0.1) is 0 Å². The molecule has 1 saturated heterocycles. The zero-order valence-electron chi connectivity index (χ0n) is 8.16. The van der Waals surface area contributed by atoms with Gasteiger partial charge >= 0.3 is 0 Å². The van der Waals surface area contributed by atoms with Crippen molar-refractivity contribution in [3.8, 4) is 0 Å². The first-order valence-electron chi connectivity index (χ1n) is 4.79. The van der Waals surface area contributed by atoms with Gasteiger partial charge in [-0.3, -0.25) is 4.79 Å². The van der Waals surface area contributed by atoms with Crippen LogP contribution in [0.25, 0.3) is 0 Å². The molecule has 2 aliphatic carbocycles. The SMILES string of the molecule is CC1(C)C2CC3(C)OC3(OC=O)C21. The Balaban J connectivity index is 1.93. The molecule has 13 heavy (non-hydrogen) atoms. The minimum Gasteiger partial charge on any atom is -0.432 e. The third-order valence-electron chi connectivity index (χ3n) is 4.36. The van der Waals surface area contributed by atoms with Crippen molar-refractivity contribution in [3.63, 3.8) is 0 Å². The van der Waals surface area contributed by atoms with Crippen LogP contribution in [0.15, 0.2) is 0 Å². The molecule has 3 heteroatoms. The molecule has 1 heterocycles. The van der Waals surface area contributed by atoms with Crippen molar-refractivity contribution in [3.05, 3.63) is 0 Å². The summed E-state index contributed by atoms with van der Waals surface area (Å²) in [6, 6.07) is 0. The Hall–Kier alpha value is -0.570. The fourth-order valence-electron chi connectivity index (χ4n) is 3.48. The van der Waals surface area contributed by atoms with Crippen molar-refractivity contribution >= 4 is 6.47 Å². The van der Waals surface area contributed by atoms with E-state index in [0.29, 0.717) is 23.7 Å². The highest BCUT2D eigenvalue weighted by Gasteiger charge is 2.90. The molecule has 3 rings (SSSR count). The van der Waals surface area contributed by atoms with Crippen molar-refractivity contribution in [1.82, 2.24) is 0 Å². The van der Waals surface area contributed by atoms with Gasteiger partial charge < -0.3 is 9.47 Å². The van der Waals surface area contributed by atoms with E-state index in [9.17, 15) is 4.79 Å². The number of epoxide rings is 1. The molecule has 0 aromatic heterocycles. The summed E-state index contributed by atoms with van der Waals surface area (Å²) in [6.07, 6.45) is 1.04. The number of ether oxygens (including phenoxy) is 2. The Labute approximate surface area is 77.4 Å². The summed E-state index contributed by atoms with van der Waals surface area (Å²) in [5.74, 6) is 0.560. The predicted octanol–water partition coefficient (Wildman–Crippen LogP) is 1.32. The topological polar surface area (TPSA) is 38.8 Å². The quantitative estimate of drug-likeness (QED) is 0.477. The van der Waals surface area contributed by atoms with E-state index in [1.807, 2.05) is 6.92 Å². The predicted molar refractivity (Wildman–Crippen MR) is 44.7 cm³/mol. The average Bonchev–Trinajstić information content (AvgIpc) is 2.69. The molecule has 4 unspecified atom stereocenters. The van der Waals surface area contributed by atoms with Gasteiger partial charge in [-0.25, -0.2) is 0 Å². The molecule has 0 N–H and O–H groups in total. The van der Waals surface area contributed by atoms with E-state index in [1.165, 1.54) is 0 Å². The van der Waals surface area contributed by atoms with Gasteiger partial charge in [-0.05, 0) is 24.7 Å². The number of carbonyl (C=O) groups is 1. The lowest BCUT2D eigenvalue weighted by Crippen LogP contribution is -2.28. The molecule has 3 fully saturated rings. The van der Waals surface area contributed by atoms with E-state index in [-0.39, 0.29) is 5.60 Å². The van der Waals surface area contributed by atoms with Crippen LogP contribution in [-0.2, 0) is 14.3 Å². The fraction of sp³-hybridized carbons (Fsp3) is 0.900. The van der Waals surface area contributed by atoms with E-state index in [0.717, 1.165) is 6.42 Å². The van der Waals surface area contributed by atoms with E-state index < -0.39 is 5.79 Å². The minimum absolute atomic E-state index is 0.168. The minimum atomic E-state index is -0.553. The van der Waals surface area contributed by atoms with Crippen molar-refractivity contribution in [1.29, 1.82) is 0 Å². The Morgan fingerprint density at radius 2 is 2.15 bits per heavy atom. The molecule has 3 aliphatic rings. The summed E-state index contributed by atoms with van der Waals surface area (Å²) in [4.78, 5) is 10.4. The maximum atomic E-state index is 10.4. The number of hydrogen-bond donors (Lipinski definition) is 0. The van der Waals surface area contributed by atoms with Gasteiger partial charge in [0.25, 0.3) is 6.47 Å². The van der Waals surface area contributed by atoms with Crippen LogP contribution in [0.5, 0.6) is 0 Å². The standard InChI is InChI=1S/C10H14O3/c1-8(2)6-4-9(3)10(13-9,7(6)8)12-5-11/h5-7H,4H2,1-3H3. The third-order valence-corrected chi connectivity index (χ3v) is 4.36. The summed E-state index contributed by atoms with van der Waals surface area (Å²) in [6.45, 7) is 7.01. The molecule has 3 nitrogen and oxygen atoms in total. The number of fused-ring (bicyclic) bond motifs is 3. The molecule has 72 valence electrons. The molecule has 0 aromatic rings. The zero-order chi connectivity index (χ0) is 9.48. The maximum Gasteiger partial charge on any atom is 0.295 e. The van der Waals surface area contributed by atoms with Gasteiger partial charge in [0.15, 0.2) is 0 Å². The normalized spacial score (nSPS) is 59.3. The second-order valence-corrected chi connectivity index (χ2v) is 5.32. The highest BCUT2D eigenvalue weighted by Crippen LogP contribution is 2.81. The van der Waals surface area contributed by atoms with E-state index in [2.05, 4.69) is 13.8 Å². The van der Waals surface area contributed by atoms with Crippen LogP contribution in [0.3, 0.4) is 0 Å². The van der Waals surface area contributed by atoms with Gasteiger partial charge in [0.05, 0.1) is 0 Å². The van der Waals surface area contributed by atoms with Crippen molar-refractivity contribution in [2.45, 2.75) is 38.6 Å². The second kappa shape index (κ2) is 1.65. The Morgan fingerprint density at radius 3 is 2.69 bits per heavy atom. The number of hydrogen-bond acceptors (Lipinski definition) is 3. The number of rotatable bonds is 2. The molecule has 0 radical (unpaired) electrons. The van der Waals surface area contributed by atoms with Gasteiger partial charge in [0.2, 0.25) is 5.79 Å².